The van der Waals surface area contributed by atoms with E-state index in [9.17, 15) is 34.6 Å². The maximum atomic E-state index is 13.6. The monoisotopic (exact) mass is 524 g/mol. The standard InChI is InChI=1S/C28H20N4O7/c33-26(21-14-13-20(31(36)37)17-24(21)32(38)39)29(19-9-2-1-3-10-19)15-6-16-30-27(34)22-11-4-7-18-8-5-12-23(25(18)22)28(30)35/h1-5,7-14,17H,6,15-16H2. The van der Waals surface area contributed by atoms with Crippen molar-refractivity contribution in [3.8, 4) is 0 Å². The maximum absolute atomic E-state index is 13.6. The summed E-state index contributed by atoms with van der Waals surface area (Å²) in [4.78, 5) is 63.6. The molecular formula is C28H20N4O7. The summed E-state index contributed by atoms with van der Waals surface area (Å²) in [7, 11) is 0. The molecule has 0 aromatic heterocycles. The first-order valence-electron chi connectivity index (χ1n) is 12.0. The first-order valence-corrected chi connectivity index (χ1v) is 12.0. The SMILES string of the molecule is O=C1c2cccc3cccc(c23)C(=O)N1CCCN(C(=O)c1ccc([N+](=O)[O-])cc1[N+](=O)[O-])c1ccccc1. The maximum Gasteiger partial charge on any atom is 0.289 e. The van der Waals surface area contributed by atoms with E-state index < -0.39 is 38.9 Å². The smallest absolute Gasteiger partial charge is 0.289 e. The molecule has 0 radical (unpaired) electrons. The molecule has 0 N–H and O–H groups in total. The van der Waals surface area contributed by atoms with Crippen LogP contribution < -0.4 is 4.90 Å². The van der Waals surface area contributed by atoms with Crippen molar-refractivity contribution in [2.24, 2.45) is 0 Å². The van der Waals surface area contributed by atoms with Crippen LogP contribution >= 0.6 is 0 Å². The Morgan fingerprint density at radius 3 is 2.03 bits per heavy atom. The van der Waals surface area contributed by atoms with Crippen molar-refractivity contribution in [2.45, 2.75) is 6.42 Å². The first-order chi connectivity index (χ1) is 18.8. The number of anilines is 1. The molecule has 4 aromatic rings. The highest BCUT2D eigenvalue weighted by molar-refractivity contribution is 6.25. The molecule has 11 heteroatoms. The van der Waals surface area contributed by atoms with E-state index in [0.29, 0.717) is 22.2 Å². The average Bonchev–Trinajstić information content (AvgIpc) is 2.95. The number of amides is 3. The third kappa shape index (κ3) is 4.57. The molecule has 0 spiro atoms. The summed E-state index contributed by atoms with van der Waals surface area (Å²) in [5, 5.41) is 24.2. The van der Waals surface area contributed by atoms with E-state index in [2.05, 4.69) is 0 Å². The third-order valence-electron chi connectivity index (χ3n) is 6.55. The quantitative estimate of drug-likeness (QED) is 0.179. The summed E-state index contributed by atoms with van der Waals surface area (Å²) in [6.07, 6.45) is 0.178. The zero-order valence-electron chi connectivity index (χ0n) is 20.4. The lowest BCUT2D eigenvalue weighted by molar-refractivity contribution is -0.394. The summed E-state index contributed by atoms with van der Waals surface area (Å²) >= 11 is 0. The number of hydrogen-bond acceptors (Lipinski definition) is 7. The van der Waals surface area contributed by atoms with Crippen LogP contribution in [0, 0.1) is 20.2 Å². The summed E-state index contributed by atoms with van der Waals surface area (Å²) in [6.45, 7) is 0.0151. The van der Waals surface area contributed by atoms with Crippen LogP contribution in [-0.2, 0) is 0 Å². The van der Waals surface area contributed by atoms with E-state index in [1.165, 1.54) is 4.90 Å². The van der Waals surface area contributed by atoms with Gasteiger partial charge in [0.2, 0.25) is 0 Å². The number of nitro benzene ring substituents is 2. The molecule has 0 atom stereocenters. The Labute approximate surface area is 221 Å². The van der Waals surface area contributed by atoms with Gasteiger partial charge in [0.1, 0.15) is 5.56 Å². The number of hydrogen-bond donors (Lipinski definition) is 0. The van der Waals surface area contributed by atoms with Gasteiger partial charge in [0.05, 0.1) is 15.9 Å². The fraction of sp³-hybridized carbons (Fsp3) is 0.107. The van der Waals surface area contributed by atoms with Gasteiger partial charge in [-0.1, -0.05) is 42.5 Å². The van der Waals surface area contributed by atoms with E-state index in [1.807, 2.05) is 12.1 Å². The number of benzene rings is 4. The molecule has 0 aliphatic carbocycles. The van der Waals surface area contributed by atoms with Gasteiger partial charge in [-0.15, -0.1) is 0 Å². The molecule has 39 heavy (non-hydrogen) atoms. The Bertz CT molecular complexity index is 1620. The number of carbonyl (C=O) groups excluding carboxylic acids is 3. The van der Waals surface area contributed by atoms with Crippen LogP contribution in [0.2, 0.25) is 0 Å². The lowest BCUT2D eigenvalue weighted by atomic mass is 9.94. The van der Waals surface area contributed by atoms with Crippen LogP contribution in [0.1, 0.15) is 37.5 Å². The first kappa shape index (κ1) is 25.2. The Kier molecular flexibility index (Phi) is 6.55. The Morgan fingerprint density at radius 1 is 0.795 bits per heavy atom. The summed E-state index contributed by atoms with van der Waals surface area (Å²) in [5.41, 5.74) is -0.259. The van der Waals surface area contributed by atoms with E-state index in [0.717, 1.165) is 28.5 Å². The number of rotatable bonds is 8. The largest absolute Gasteiger partial charge is 0.308 e. The van der Waals surface area contributed by atoms with Crippen LogP contribution in [0.15, 0.2) is 84.9 Å². The topological polar surface area (TPSA) is 144 Å². The second-order valence-corrected chi connectivity index (χ2v) is 8.83. The van der Waals surface area contributed by atoms with Crippen LogP contribution in [-0.4, -0.2) is 45.6 Å². The fourth-order valence-electron chi connectivity index (χ4n) is 4.74. The molecule has 4 aromatic carbocycles. The van der Waals surface area contributed by atoms with Crippen LogP contribution in [0.3, 0.4) is 0 Å². The van der Waals surface area contributed by atoms with Crippen molar-refractivity contribution < 1.29 is 24.2 Å². The highest BCUT2D eigenvalue weighted by Crippen LogP contribution is 2.31. The van der Waals surface area contributed by atoms with E-state index in [4.69, 9.17) is 0 Å². The third-order valence-corrected chi connectivity index (χ3v) is 6.55. The molecule has 1 aliphatic heterocycles. The molecule has 3 amide bonds. The zero-order chi connectivity index (χ0) is 27.7. The van der Waals surface area contributed by atoms with Gasteiger partial charge in [-0.25, -0.2) is 0 Å². The summed E-state index contributed by atoms with van der Waals surface area (Å²) in [6, 6.07) is 21.7. The molecule has 5 rings (SSSR count). The average molecular weight is 524 g/mol. The van der Waals surface area contributed by atoms with Crippen LogP contribution in [0.25, 0.3) is 10.8 Å². The van der Waals surface area contributed by atoms with Gasteiger partial charge in [-0.3, -0.25) is 39.5 Å². The minimum Gasteiger partial charge on any atom is -0.308 e. The van der Waals surface area contributed by atoms with Gasteiger partial charge >= 0.3 is 0 Å². The fourth-order valence-corrected chi connectivity index (χ4v) is 4.74. The molecule has 1 aliphatic rings. The summed E-state index contributed by atoms with van der Waals surface area (Å²) in [5.74, 6) is -1.62. The molecule has 11 nitrogen and oxygen atoms in total. The minimum absolute atomic E-state index is 0.00135. The van der Waals surface area contributed by atoms with Gasteiger partial charge in [0.25, 0.3) is 29.1 Å². The second-order valence-electron chi connectivity index (χ2n) is 8.83. The van der Waals surface area contributed by atoms with Crippen molar-refractivity contribution in [2.75, 3.05) is 18.0 Å². The summed E-state index contributed by atoms with van der Waals surface area (Å²) < 4.78 is 0. The van der Waals surface area contributed by atoms with E-state index in [1.54, 1.807) is 54.6 Å². The van der Waals surface area contributed by atoms with Gasteiger partial charge in [-0.05, 0) is 42.1 Å². The van der Waals surface area contributed by atoms with Crippen molar-refractivity contribution in [3.63, 3.8) is 0 Å². The van der Waals surface area contributed by atoms with E-state index >= 15 is 0 Å². The predicted molar refractivity (Wildman–Crippen MR) is 142 cm³/mol. The predicted octanol–water partition coefficient (Wildman–Crippen LogP) is 4.99. The zero-order valence-corrected chi connectivity index (χ0v) is 20.4. The highest BCUT2D eigenvalue weighted by Gasteiger charge is 2.33. The van der Waals surface area contributed by atoms with Crippen LogP contribution in [0.4, 0.5) is 17.1 Å². The van der Waals surface area contributed by atoms with Crippen molar-refractivity contribution in [1.82, 2.24) is 4.90 Å². The number of nitrogens with zero attached hydrogens (tertiary/aromatic N) is 4. The number of nitro groups is 2. The van der Waals surface area contributed by atoms with E-state index in [-0.39, 0.29) is 25.1 Å². The molecule has 0 saturated carbocycles. The molecule has 0 saturated heterocycles. The molecule has 0 bridgehead atoms. The number of non-ortho nitro benzene ring substituents is 1. The number of imide groups is 1. The Balaban J connectivity index is 1.42. The second kappa shape index (κ2) is 10.1. The molecule has 1 heterocycles. The van der Waals surface area contributed by atoms with Gasteiger partial charge in [0.15, 0.2) is 0 Å². The van der Waals surface area contributed by atoms with Crippen molar-refractivity contribution in [1.29, 1.82) is 0 Å². The van der Waals surface area contributed by atoms with Gasteiger partial charge in [0, 0.05) is 41.4 Å². The normalized spacial score (nSPS) is 12.5. The van der Waals surface area contributed by atoms with Crippen LogP contribution in [0.5, 0.6) is 0 Å². The lowest BCUT2D eigenvalue weighted by Crippen LogP contribution is -2.42. The minimum atomic E-state index is -0.841. The molecular weight excluding hydrogens is 504 g/mol. The number of para-hydroxylation sites is 1. The molecule has 0 fully saturated rings. The molecule has 0 unspecified atom stereocenters. The number of carbonyl (C=O) groups is 3. The lowest BCUT2D eigenvalue weighted by Gasteiger charge is -2.28. The highest BCUT2D eigenvalue weighted by atomic mass is 16.6. The van der Waals surface area contributed by atoms with Gasteiger partial charge in [-0.2, -0.15) is 0 Å². The van der Waals surface area contributed by atoms with Crippen molar-refractivity contribution in [3.05, 3.63) is 122 Å². The Morgan fingerprint density at radius 2 is 1.44 bits per heavy atom. The Hall–Kier alpha value is -5.45. The molecule has 194 valence electrons. The van der Waals surface area contributed by atoms with Gasteiger partial charge < -0.3 is 4.90 Å². The van der Waals surface area contributed by atoms with Crippen molar-refractivity contribution >= 4 is 45.6 Å².